The van der Waals surface area contributed by atoms with Crippen LogP contribution in [0, 0.1) is 5.82 Å². The molecule has 5 aromatic rings. The number of aromatic amines is 1. The number of fused-ring (bicyclic) bond motifs is 2. The van der Waals surface area contributed by atoms with Crippen LogP contribution in [0.1, 0.15) is 12.5 Å². The lowest BCUT2D eigenvalue weighted by Gasteiger charge is -2.11. The maximum Gasteiger partial charge on any atom is 0.335 e. The molecule has 4 heterocycles. The van der Waals surface area contributed by atoms with Crippen LogP contribution in [-0.2, 0) is 14.8 Å². The van der Waals surface area contributed by atoms with Gasteiger partial charge in [0.05, 0.1) is 28.9 Å². The second-order valence-corrected chi connectivity index (χ2v) is 10.2. The van der Waals surface area contributed by atoms with Crippen molar-refractivity contribution in [3.63, 3.8) is 0 Å². The number of nitrogen functional groups attached to an aromatic ring is 1. The lowest BCUT2D eigenvalue weighted by atomic mass is 10.2. The van der Waals surface area contributed by atoms with Gasteiger partial charge in [0.15, 0.2) is 11.5 Å². The lowest BCUT2D eigenvalue weighted by molar-refractivity contribution is 0.186. The minimum absolute atomic E-state index is 0.00186. The Morgan fingerprint density at radius 1 is 1.16 bits per heavy atom. The fraction of sp³-hybridized carbons (Fsp3) is 0.174. The van der Waals surface area contributed by atoms with E-state index in [4.69, 9.17) is 15.6 Å². The molecule has 3 aromatic heterocycles. The van der Waals surface area contributed by atoms with Gasteiger partial charge in [0, 0.05) is 23.7 Å². The average Bonchev–Trinajstić information content (AvgIpc) is 3.58. The molecule has 12 nitrogen and oxygen atoms in total. The first kappa shape index (κ1) is 23.1. The number of H-pyrrole nitrogens is 1. The highest BCUT2D eigenvalue weighted by Gasteiger charge is 2.28. The Morgan fingerprint density at radius 2 is 2.00 bits per heavy atom. The summed E-state index contributed by atoms with van der Waals surface area (Å²) in [7, 11) is -4.08. The molecule has 1 saturated heterocycles. The normalized spacial score (nSPS) is 16.1. The van der Waals surface area contributed by atoms with Gasteiger partial charge in [-0.1, -0.05) is 0 Å². The van der Waals surface area contributed by atoms with Crippen molar-refractivity contribution in [3.8, 4) is 5.69 Å². The molecule has 1 atom stereocenters. The summed E-state index contributed by atoms with van der Waals surface area (Å²) < 4.78 is 46.2. The van der Waals surface area contributed by atoms with Crippen molar-refractivity contribution in [2.45, 2.75) is 17.4 Å². The van der Waals surface area contributed by atoms with Gasteiger partial charge in [0.1, 0.15) is 11.3 Å². The summed E-state index contributed by atoms with van der Waals surface area (Å²) in [6, 6.07) is 10.3. The van der Waals surface area contributed by atoms with Crippen LogP contribution in [0.5, 0.6) is 0 Å². The third-order valence-electron chi connectivity index (χ3n) is 6.32. The number of benzene rings is 2. The molecule has 6 N–H and O–H groups in total. The number of nitrogens with zero attached hydrogens (tertiary/aromatic N) is 4. The first-order chi connectivity index (χ1) is 17.7. The van der Waals surface area contributed by atoms with Crippen molar-refractivity contribution in [3.05, 3.63) is 65.0 Å². The predicted octanol–water partition coefficient (Wildman–Crippen LogP) is 2.14. The summed E-state index contributed by atoms with van der Waals surface area (Å²) in [6.07, 6.45) is 2.41. The number of ether oxygens (including phenoxy) is 1. The van der Waals surface area contributed by atoms with Crippen LogP contribution in [-0.4, -0.2) is 45.7 Å². The minimum Gasteiger partial charge on any atom is -0.382 e. The van der Waals surface area contributed by atoms with Gasteiger partial charge in [-0.05, 0) is 48.9 Å². The molecule has 0 saturated carbocycles. The number of rotatable bonds is 5. The third kappa shape index (κ3) is 3.91. The van der Waals surface area contributed by atoms with Crippen LogP contribution in [0.15, 0.2) is 58.4 Å². The van der Waals surface area contributed by atoms with E-state index >= 15 is 0 Å². The average molecular weight is 525 g/mol. The Bertz CT molecular complexity index is 1850. The predicted molar refractivity (Wildman–Crippen MR) is 135 cm³/mol. The molecule has 6 rings (SSSR count). The number of imidazole rings is 1. The van der Waals surface area contributed by atoms with Crippen molar-refractivity contribution < 1.29 is 17.5 Å². The molecule has 1 fully saturated rings. The van der Waals surface area contributed by atoms with Gasteiger partial charge in [-0.25, -0.2) is 22.7 Å². The highest BCUT2D eigenvalue weighted by Crippen LogP contribution is 2.30. The first-order valence-corrected chi connectivity index (χ1v) is 12.8. The van der Waals surface area contributed by atoms with E-state index in [1.54, 1.807) is 12.3 Å². The molecule has 2 aromatic carbocycles. The number of aromatic nitrogens is 5. The van der Waals surface area contributed by atoms with Gasteiger partial charge in [-0.3, -0.25) is 9.13 Å². The molecule has 1 aliphatic heterocycles. The Kier molecular flexibility index (Phi) is 5.25. The maximum atomic E-state index is 14.6. The zero-order chi connectivity index (χ0) is 25.9. The zero-order valence-electron chi connectivity index (χ0n) is 19.2. The van der Waals surface area contributed by atoms with Gasteiger partial charge in [0.2, 0.25) is 16.0 Å². The van der Waals surface area contributed by atoms with E-state index in [1.807, 2.05) is 18.2 Å². The van der Waals surface area contributed by atoms with Crippen LogP contribution >= 0.6 is 0 Å². The minimum atomic E-state index is -4.08. The molecule has 0 radical (unpaired) electrons. The smallest absolute Gasteiger partial charge is 0.335 e. The van der Waals surface area contributed by atoms with E-state index in [0.29, 0.717) is 30.8 Å². The Hall–Kier alpha value is -4.27. The molecule has 0 bridgehead atoms. The van der Waals surface area contributed by atoms with Crippen LogP contribution in [0.4, 0.5) is 21.8 Å². The fourth-order valence-electron chi connectivity index (χ4n) is 4.56. The van der Waals surface area contributed by atoms with E-state index in [9.17, 15) is 17.6 Å². The summed E-state index contributed by atoms with van der Waals surface area (Å²) >= 11 is 0. The number of primary sulfonamides is 1. The standard InChI is InChI=1S/C23H21FN8O4S/c24-16-10-15(37(26,34)35)2-4-18(16)28-22-29-20(25)19-21(30-22)32(14-6-8-36-11-14)23(33)31(19)13-1-3-17-12(9-13)5-7-27-17/h1-5,7,9-10,14,27H,6,8,11H2,(H2,26,34,35)(H3,25,28,29,30). The van der Waals surface area contributed by atoms with Gasteiger partial charge in [0.25, 0.3) is 0 Å². The molecular weight excluding hydrogens is 503 g/mol. The number of sulfonamides is 1. The van der Waals surface area contributed by atoms with Crippen LogP contribution in [0.3, 0.4) is 0 Å². The fourth-order valence-corrected chi connectivity index (χ4v) is 5.09. The van der Waals surface area contributed by atoms with Gasteiger partial charge >= 0.3 is 5.69 Å². The van der Waals surface area contributed by atoms with Gasteiger partial charge in [-0.2, -0.15) is 9.97 Å². The number of nitrogens with two attached hydrogens (primary N) is 2. The largest absolute Gasteiger partial charge is 0.382 e. The van der Waals surface area contributed by atoms with Crippen molar-refractivity contribution in [1.82, 2.24) is 24.1 Å². The summed E-state index contributed by atoms with van der Waals surface area (Å²) in [5.74, 6) is -0.955. The molecular formula is C23H21FN8O4S. The molecule has 190 valence electrons. The number of hydrogen-bond donors (Lipinski definition) is 4. The SMILES string of the molecule is Nc1nc(Nc2ccc(S(N)(=O)=O)cc2F)nc2c1n(-c1ccc3[nH]ccc3c1)c(=O)n2C1CCOC1. The lowest BCUT2D eigenvalue weighted by Crippen LogP contribution is -2.27. The number of nitrogens with one attached hydrogen (secondary N) is 2. The number of halogens is 1. The number of hydrogen-bond acceptors (Lipinski definition) is 8. The van der Waals surface area contributed by atoms with Crippen LogP contribution in [0.2, 0.25) is 0 Å². The molecule has 1 aliphatic rings. The van der Waals surface area contributed by atoms with Gasteiger partial charge in [-0.15, -0.1) is 0 Å². The van der Waals surface area contributed by atoms with E-state index in [-0.39, 0.29) is 39.7 Å². The molecule has 37 heavy (non-hydrogen) atoms. The molecule has 0 spiro atoms. The summed E-state index contributed by atoms with van der Waals surface area (Å²) in [5.41, 5.74) is 7.96. The highest BCUT2D eigenvalue weighted by atomic mass is 32.2. The van der Waals surface area contributed by atoms with Crippen molar-refractivity contribution in [2.75, 3.05) is 24.3 Å². The van der Waals surface area contributed by atoms with Gasteiger partial charge < -0.3 is 20.8 Å². The number of anilines is 3. The zero-order valence-corrected chi connectivity index (χ0v) is 20.0. The van der Waals surface area contributed by atoms with E-state index < -0.39 is 15.8 Å². The second kappa shape index (κ2) is 8.40. The Balaban J connectivity index is 1.52. The van der Waals surface area contributed by atoms with Crippen molar-refractivity contribution >= 4 is 49.5 Å². The quantitative estimate of drug-likeness (QED) is 0.270. The molecule has 14 heteroatoms. The highest BCUT2D eigenvalue weighted by molar-refractivity contribution is 7.89. The van der Waals surface area contributed by atoms with E-state index in [1.165, 1.54) is 15.2 Å². The van der Waals surface area contributed by atoms with Crippen LogP contribution in [0.25, 0.3) is 27.8 Å². The third-order valence-corrected chi connectivity index (χ3v) is 7.23. The van der Waals surface area contributed by atoms with E-state index in [2.05, 4.69) is 20.3 Å². The maximum absolute atomic E-state index is 14.6. The Labute approximate surface area is 208 Å². The molecule has 1 unspecified atom stereocenters. The second-order valence-electron chi connectivity index (χ2n) is 8.67. The molecule has 0 aliphatic carbocycles. The van der Waals surface area contributed by atoms with E-state index in [0.717, 1.165) is 23.0 Å². The Morgan fingerprint density at radius 3 is 2.73 bits per heavy atom. The van der Waals surface area contributed by atoms with Crippen molar-refractivity contribution in [2.24, 2.45) is 5.14 Å². The van der Waals surface area contributed by atoms with Crippen LogP contribution < -0.4 is 21.9 Å². The summed E-state index contributed by atoms with van der Waals surface area (Å²) in [4.78, 5) is 25.3. The topological polar surface area (TPSA) is 176 Å². The monoisotopic (exact) mass is 524 g/mol. The summed E-state index contributed by atoms with van der Waals surface area (Å²) in [6.45, 7) is 0.818. The first-order valence-electron chi connectivity index (χ1n) is 11.3. The molecule has 0 amide bonds. The van der Waals surface area contributed by atoms with Crippen molar-refractivity contribution in [1.29, 1.82) is 0 Å². The summed E-state index contributed by atoms with van der Waals surface area (Å²) in [5, 5.41) is 8.70.